The van der Waals surface area contributed by atoms with Crippen molar-refractivity contribution >= 4 is 23.5 Å². The molecule has 0 saturated heterocycles. The first-order valence-corrected chi connectivity index (χ1v) is 9.44. The number of Topliss-reactive ketones (excluding diaryl/α,β-unsaturated/α-hetero) is 1. The van der Waals surface area contributed by atoms with Gasteiger partial charge in [-0.25, -0.2) is 4.79 Å². The van der Waals surface area contributed by atoms with Crippen LogP contribution in [0.1, 0.15) is 37.3 Å². The zero-order valence-corrected chi connectivity index (χ0v) is 16.4. The number of rotatable bonds is 4. The van der Waals surface area contributed by atoms with Gasteiger partial charge in [0.15, 0.2) is 0 Å². The first-order chi connectivity index (χ1) is 12.9. The van der Waals surface area contributed by atoms with E-state index in [9.17, 15) is 9.59 Å². The van der Waals surface area contributed by atoms with Crippen LogP contribution in [0.4, 0.5) is 4.79 Å². The summed E-state index contributed by atoms with van der Waals surface area (Å²) in [7, 11) is 0. The fraction of sp³-hybridized carbons (Fsp3) is 0.500. The van der Waals surface area contributed by atoms with Crippen LogP contribution in [-0.2, 0) is 19.0 Å². The summed E-state index contributed by atoms with van der Waals surface area (Å²) in [6.07, 6.45) is 1.64. The van der Waals surface area contributed by atoms with E-state index in [0.717, 1.165) is 11.1 Å². The Morgan fingerprint density at radius 2 is 1.96 bits per heavy atom. The second-order valence-corrected chi connectivity index (χ2v) is 7.21. The molecule has 7 heteroatoms. The summed E-state index contributed by atoms with van der Waals surface area (Å²) in [4.78, 5) is 24.3. The topological polar surface area (TPSA) is 71.1 Å². The molecule has 3 rings (SSSR count). The number of benzene rings is 1. The highest BCUT2D eigenvalue weighted by Gasteiger charge is 2.42. The van der Waals surface area contributed by atoms with Crippen molar-refractivity contribution in [2.45, 2.75) is 52.2 Å². The number of allylic oxidation sites excluding steroid dienone is 1. The Morgan fingerprint density at radius 3 is 2.63 bits per heavy atom. The molecule has 1 aromatic rings. The molecule has 1 saturated carbocycles. The Bertz CT molecular complexity index is 749. The fourth-order valence-corrected chi connectivity index (χ4v) is 3.60. The van der Waals surface area contributed by atoms with Gasteiger partial charge in [-0.2, -0.15) is 0 Å². The highest BCUT2D eigenvalue weighted by Crippen LogP contribution is 2.36. The number of hydrogen-bond donors (Lipinski definition) is 0. The standard InChI is InChI=1S/C20H23ClO6/c1-4-24-20(23)27-13-5-6-15-16(9-13)25-10-17(19(15)22)26-14-7-11(2)18(21)12(3)8-14/h7-8,10,13,15-16H,4-6,9H2,1-3H3. The normalized spacial score (nSPS) is 24.4. The molecule has 0 spiro atoms. The molecule has 1 heterocycles. The first kappa shape index (κ1) is 19.5. The summed E-state index contributed by atoms with van der Waals surface area (Å²) >= 11 is 6.18. The van der Waals surface area contributed by atoms with Gasteiger partial charge < -0.3 is 18.9 Å². The minimum atomic E-state index is -0.684. The minimum Gasteiger partial charge on any atom is -0.493 e. The minimum absolute atomic E-state index is 0.0916. The van der Waals surface area contributed by atoms with Gasteiger partial charge in [-0.1, -0.05) is 11.6 Å². The number of carbonyl (C=O) groups is 2. The van der Waals surface area contributed by atoms with Crippen LogP contribution in [-0.4, -0.2) is 30.8 Å². The number of fused-ring (bicyclic) bond motifs is 1. The van der Waals surface area contributed by atoms with E-state index >= 15 is 0 Å². The number of aryl methyl sites for hydroxylation is 2. The zero-order valence-electron chi connectivity index (χ0n) is 15.6. The molecule has 146 valence electrons. The van der Waals surface area contributed by atoms with Crippen molar-refractivity contribution in [3.8, 4) is 5.75 Å². The molecule has 27 heavy (non-hydrogen) atoms. The van der Waals surface area contributed by atoms with E-state index in [1.54, 1.807) is 19.1 Å². The molecule has 0 radical (unpaired) electrons. The highest BCUT2D eigenvalue weighted by atomic mass is 35.5. The van der Waals surface area contributed by atoms with E-state index in [2.05, 4.69) is 0 Å². The first-order valence-electron chi connectivity index (χ1n) is 9.06. The van der Waals surface area contributed by atoms with Crippen molar-refractivity contribution in [1.29, 1.82) is 0 Å². The van der Waals surface area contributed by atoms with Crippen LogP contribution < -0.4 is 4.74 Å². The predicted octanol–water partition coefficient (Wildman–Crippen LogP) is 4.49. The molecular weight excluding hydrogens is 372 g/mol. The average Bonchev–Trinajstić information content (AvgIpc) is 2.62. The monoisotopic (exact) mass is 394 g/mol. The third-order valence-corrected chi connectivity index (χ3v) is 5.43. The van der Waals surface area contributed by atoms with Crippen LogP contribution in [0, 0.1) is 19.8 Å². The van der Waals surface area contributed by atoms with E-state index < -0.39 is 6.16 Å². The van der Waals surface area contributed by atoms with Gasteiger partial charge in [0.25, 0.3) is 0 Å². The molecule has 0 aromatic heterocycles. The van der Waals surface area contributed by atoms with E-state index in [-0.39, 0.29) is 36.3 Å². The van der Waals surface area contributed by atoms with E-state index in [1.807, 2.05) is 13.8 Å². The summed E-state index contributed by atoms with van der Waals surface area (Å²) in [6, 6.07) is 3.58. The zero-order chi connectivity index (χ0) is 19.6. The molecule has 0 amide bonds. The Balaban J connectivity index is 1.66. The van der Waals surface area contributed by atoms with Crippen LogP contribution in [0.25, 0.3) is 0 Å². The maximum Gasteiger partial charge on any atom is 0.508 e. The molecular formula is C20H23ClO6. The Kier molecular flexibility index (Phi) is 5.95. The number of carbonyl (C=O) groups excluding carboxylic acids is 2. The van der Waals surface area contributed by atoms with Crippen LogP contribution >= 0.6 is 11.6 Å². The lowest BCUT2D eigenvalue weighted by atomic mass is 9.80. The second-order valence-electron chi connectivity index (χ2n) is 6.84. The van der Waals surface area contributed by atoms with Crippen molar-refractivity contribution < 1.29 is 28.5 Å². The molecule has 1 aliphatic carbocycles. The molecule has 3 atom stereocenters. The lowest BCUT2D eigenvalue weighted by Crippen LogP contribution is -2.43. The molecule has 0 bridgehead atoms. The number of ether oxygens (including phenoxy) is 4. The van der Waals surface area contributed by atoms with Crippen LogP contribution in [0.5, 0.6) is 5.75 Å². The second kappa shape index (κ2) is 8.21. The summed E-state index contributed by atoms with van der Waals surface area (Å²) in [5.74, 6) is 0.338. The van der Waals surface area contributed by atoms with Crippen molar-refractivity contribution in [2.24, 2.45) is 5.92 Å². The molecule has 6 nitrogen and oxygen atoms in total. The van der Waals surface area contributed by atoms with Gasteiger partial charge >= 0.3 is 6.16 Å². The molecule has 0 N–H and O–H groups in total. The Labute approximate surface area is 163 Å². The molecule has 2 aliphatic rings. The van der Waals surface area contributed by atoms with E-state index in [0.29, 0.717) is 30.0 Å². The van der Waals surface area contributed by atoms with E-state index in [1.165, 1.54) is 6.26 Å². The lowest BCUT2D eigenvalue weighted by molar-refractivity contribution is -0.132. The Morgan fingerprint density at radius 1 is 1.26 bits per heavy atom. The van der Waals surface area contributed by atoms with Gasteiger partial charge in [0, 0.05) is 11.4 Å². The van der Waals surface area contributed by atoms with Gasteiger partial charge in [0.2, 0.25) is 11.5 Å². The maximum absolute atomic E-state index is 12.8. The smallest absolute Gasteiger partial charge is 0.493 e. The summed E-state index contributed by atoms with van der Waals surface area (Å²) in [5.41, 5.74) is 1.76. The van der Waals surface area contributed by atoms with Gasteiger partial charge in [-0.15, -0.1) is 0 Å². The predicted molar refractivity (Wildman–Crippen MR) is 98.8 cm³/mol. The van der Waals surface area contributed by atoms with Crippen molar-refractivity contribution in [3.05, 3.63) is 40.3 Å². The summed E-state index contributed by atoms with van der Waals surface area (Å²) in [5, 5.41) is 0.683. The van der Waals surface area contributed by atoms with E-state index in [4.69, 9.17) is 30.5 Å². The van der Waals surface area contributed by atoms with Crippen molar-refractivity contribution in [1.82, 2.24) is 0 Å². The molecule has 3 unspecified atom stereocenters. The third kappa shape index (κ3) is 4.38. The van der Waals surface area contributed by atoms with Gasteiger partial charge in [-0.05, 0) is 56.9 Å². The fourth-order valence-electron chi connectivity index (χ4n) is 3.49. The van der Waals surface area contributed by atoms with Crippen LogP contribution in [0.15, 0.2) is 24.2 Å². The number of hydrogen-bond acceptors (Lipinski definition) is 6. The summed E-state index contributed by atoms with van der Waals surface area (Å²) < 4.78 is 21.6. The summed E-state index contributed by atoms with van der Waals surface area (Å²) in [6.45, 7) is 5.75. The molecule has 1 fully saturated rings. The SMILES string of the molecule is CCOC(=O)OC1CCC2C(=O)C(Oc3cc(C)c(Cl)c(C)c3)=COC2C1. The molecule has 1 aliphatic heterocycles. The van der Waals surface area contributed by atoms with Crippen molar-refractivity contribution in [2.75, 3.05) is 6.61 Å². The van der Waals surface area contributed by atoms with Gasteiger partial charge in [-0.3, -0.25) is 4.79 Å². The number of ketones is 1. The molecule has 1 aromatic carbocycles. The number of halogens is 1. The van der Waals surface area contributed by atoms with Gasteiger partial charge in [0.05, 0.1) is 12.5 Å². The van der Waals surface area contributed by atoms with Crippen LogP contribution in [0.2, 0.25) is 5.02 Å². The van der Waals surface area contributed by atoms with Crippen LogP contribution in [0.3, 0.4) is 0 Å². The highest BCUT2D eigenvalue weighted by molar-refractivity contribution is 6.32. The van der Waals surface area contributed by atoms with Crippen molar-refractivity contribution in [3.63, 3.8) is 0 Å². The third-order valence-electron chi connectivity index (χ3n) is 4.84. The average molecular weight is 395 g/mol. The van der Waals surface area contributed by atoms with Gasteiger partial charge in [0.1, 0.15) is 24.2 Å². The largest absolute Gasteiger partial charge is 0.508 e. The lowest BCUT2D eigenvalue weighted by Gasteiger charge is -2.36. The maximum atomic E-state index is 12.8. The Hall–Kier alpha value is -2.21. The quantitative estimate of drug-likeness (QED) is 0.701.